The minimum absolute atomic E-state index is 0.0432. The number of rotatable bonds is 6. The highest BCUT2D eigenvalue weighted by atomic mass is 32.2. The van der Waals surface area contributed by atoms with Gasteiger partial charge in [-0.1, -0.05) is 18.2 Å². The van der Waals surface area contributed by atoms with Crippen LogP contribution >= 0.6 is 11.8 Å². The standard InChI is InChI=1S/C19H22N2O6S2/c1-20(14-8-10-29(25,26)12-14)17(22)7-9-21-18(23)16(28-19(21)24)11-13-5-3-4-6-15(13)27-2/h3-6,11,14H,7-10,12H2,1-2H3/b16-11-/t14-/m0/s1. The molecule has 0 bridgehead atoms. The summed E-state index contributed by atoms with van der Waals surface area (Å²) in [6, 6.07) is 6.79. The number of hydrogen-bond acceptors (Lipinski definition) is 7. The molecule has 0 N–H and O–H groups in total. The Kier molecular flexibility index (Phi) is 6.33. The number of hydrogen-bond donors (Lipinski definition) is 0. The summed E-state index contributed by atoms with van der Waals surface area (Å²) in [4.78, 5) is 40.0. The zero-order chi connectivity index (χ0) is 21.2. The second kappa shape index (κ2) is 8.58. The van der Waals surface area contributed by atoms with E-state index in [9.17, 15) is 22.8 Å². The number of thioether (sulfide) groups is 1. The molecule has 1 aromatic rings. The van der Waals surface area contributed by atoms with Gasteiger partial charge in [-0.15, -0.1) is 0 Å². The second-order valence-corrected chi connectivity index (χ2v) is 10.1. The highest BCUT2D eigenvalue weighted by molar-refractivity contribution is 8.18. The van der Waals surface area contributed by atoms with Crippen molar-refractivity contribution >= 4 is 44.7 Å². The first-order valence-corrected chi connectivity index (χ1v) is 11.7. The third kappa shape index (κ3) is 4.81. The lowest BCUT2D eigenvalue weighted by molar-refractivity contribution is -0.132. The van der Waals surface area contributed by atoms with Crippen LogP contribution in [0.25, 0.3) is 6.08 Å². The molecule has 0 spiro atoms. The van der Waals surface area contributed by atoms with E-state index in [1.807, 2.05) is 0 Å². The molecule has 10 heteroatoms. The van der Waals surface area contributed by atoms with E-state index in [0.717, 1.165) is 16.7 Å². The lowest BCUT2D eigenvalue weighted by atomic mass is 10.2. The van der Waals surface area contributed by atoms with Gasteiger partial charge in [0, 0.05) is 31.6 Å². The van der Waals surface area contributed by atoms with Crippen LogP contribution in [0.1, 0.15) is 18.4 Å². The molecule has 2 aliphatic heterocycles. The Balaban J connectivity index is 1.63. The number of amides is 3. The number of carbonyl (C=O) groups excluding carboxylic acids is 3. The van der Waals surface area contributed by atoms with Gasteiger partial charge in [0.25, 0.3) is 11.1 Å². The van der Waals surface area contributed by atoms with E-state index in [2.05, 4.69) is 0 Å². The van der Waals surface area contributed by atoms with Gasteiger partial charge < -0.3 is 9.64 Å². The molecule has 1 atom stereocenters. The third-order valence-electron chi connectivity index (χ3n) is 5.00. The molecule has 2 heterocycles. The summed E-state index contributed by atoms with van der Waals surface area (Å²) < 4.78 is 28.5. The van der Waals surface area contributed by atoms with Crippen LogP contribution < -0.4 is 4.74 Å². The fourth-order valence-corrected chi connectivity index (χ4v) is 5.92. The van der Waals surface area contributed by atoms with Gasteiger partial charge in [-0.2, -0.15) is 0 Å². The van der Waals surface area contributed by atoms with Crippen LogP contribution in [0, 0.1) is 0 Å². The SMILES string of the molecule is COc1ccccc1/C=C1\SC(=O)N(CCC(=O)N(C)[C@H]2CCS(=O)(=O)C2)C1=O. The summed E-state index contributed by atoms with van der Waals surface area (Å²) >= 11 is 0.820. The maximum Gasteiger partial charge on any atom is 0.293 e. The maximum absolute atomic E-state index is 12.6. The van der Waals surface area contributed by atoms with Crippen LogP contribution in [-0.4, -0.2) is 73.5 Å². The number of nitrogens with zero attached hydrogens (tertiary/aromatic N) is 2. The van der Waals surface area contributed by atoms with E-state index >= 15 is 0 Å². The first-order chi connectivity index (χ1) is 13.7. The normalized spacial score (nSPS) is 22.3. The Morgan fingerprint density at radius 2 is 2.07 bits per heavy atom. The largest absolute Gasteiger partial charge is 0.496 e. The van der Waals surface area contributed by atoms with Crippen LogP contribution in [0.2, 0.25) is 0 Å². The molecule has 29 heavy (non-hydrogen) atoms. The van der Waals surface area contributed by atoms with Crippen molar-refractivity contribution in [2.75, 3.05) is 32.2 Å². The van der Waals surface area contributed by atoms with Crippen molar-refractivity contribution < 1.29 is 27.5 Å². The average molecular weight is 439 g/mol. The van der Waals surface area contributed by atoms with Gasteiger partial charge in [0.05, 0.1) is 23.5 Å². The number of ether oxygens (including phenoxy) is 1. The molecule has 2 saturated heterocycles. The van der Waals surface area contributed by atoms with Crippen LogP contribution in [0.4, 0.5) is 4.79 Å². The molecule has 0 aliphatic carbocycles. The summed E-state index contributed by atoms with van der Waals surface area (Å²) in [5, 5.41) is -0.435. The van der Waals surface area contributed by atoms with E-state index in [-0.39, 0.29) is 41.3 Å². The quantitative estimate of drug-likeness (QED) is 0.624. The number of carbonyl (C=O) groups is 3. The van der Waals surface area contributed by atoms with Gasteiger partial charge in [0.15, 0.2) is 9.84 Å². The topological polar surface area (TPSA) is 101 Å². The van der Waals surface area contributed by atoms with Gasteiger partial charge in [-0.05, 0) is 30.3 Å². The van der Waals surface area contributed by atoms with Crippen molar-refractivity contribution in [2.24, 2.45) is 0 Å². The van der Waals surface area contributed by atoms with Crippen molar-refractivity contribution in [3.05, 3.63) is 34.7 Å². The molecule has 8 nitrogen and oxygen atoms in total. The fourth-order valence-electron chi connectivity index (χ4n) is 3.29. The molecule has 2 fully saturated rings. The zero-order valence-corrected chi connectivity index (χ0v) is 17.8. The molecule has 3 amide bonds. The Hall–Kier alpha value is -2.33. The van der Waals surface area contributed by atoms with Crippen LogP contribution in [0.3, 0.4) is 0 Å². The maximum atomic E-state index is 12.6. The monoisotopic (exact) mass is 438 g/mol. The zero-order valence-electron chi connectivity index (χ0n) is 16.2. The molecule has 0 saturated carbocycles. The van der Waals surface area contributed by atoms with Crippen molar-refractivity contribution in [2.45, 2.75) is 18.9 Å². The number of imide groups is 1. The summed E-state index contributed by atoms with van der Waals surface area (Å²) in [5.74, 6) is -0.128. The van der Waals surface area contributed by atoms with E-state index in [1.165, 1.54) is 12.0 Å². The van der Waals surface area contributed by atoms with Crippen LogP contribution in [0.5, 0.6) is 5.75 Å². The van der Waals surface area contributed by atoms with Gasteiger partial charge in [0.2, 0.25) is 5.91 Å². The van der Waals surface area contributed by atoms with Crippen LogP contribution in [0.15, 0.2) is 29.2 Å². The molecule has 0 aromatic heterocycles. The highest BCUT2D eigenvalue weighted by Crippen LogP contribution is 2.34. The van der Waals surface area contributed by atoms with Gasteiger partial charge in [-0.25, -0.2) is 8.42 Å². The predicted molar refractivity (Wildman–Crippen MR) is 110 cm³/mol. The van der Waals surface area contributed by atoms with Gasteiger partial charge >= 0.3 is 0 Å². The molecule has 0 radical (unpaired) electrons. The lowest BCUT2D eigenvalue weighted by Gasteiger charge is -2.24. The van der Waals surface area contributed by atoms with Crippen LogP contribution in [-0.2, 0) is 19.4 Å². The second-order valence-electron chi connectivity index (χ2n) is 6.89. The fraction of sp³-hybridized carbons (Fsp3) is 0.421. The van der Waals surface area contributed by atoms with Crippen molar-refractivity contribution in [1.82, 2.24) is 9.80 Å². The molecule has 3 rings (SSSR count). The first-order valence-electron chi connectivity index (χ1n) is 9.06. The number of para-hydroxylation sites is 1. The Labute approximate surface area is 173 Å². The lowest BCUT2D eigenvalue weighted by Crippen LogP contribution is -2.40. The Bertz CT molecular complexity index is 973. The summed E-state index contributed by atoms with van der Waals surface area (Å²) in [6.07, 6.45) is 1.96. The number of methoxy groups -OCH3 is 1. The summed E-state index contributed by atoms with van der Waals surface area (Å²) in [6.45, 7) is -0.0451. The Morgan fingerprint density at radius 1 is 1.34 bits per heavy atom. The van der Waals surface area contributed by atoms with E-state index in [1.54, 1.807) is 37.4 Å². The van der Waals surface area contributed by atoms with Crippen molar-refractivity contribution in [3.8, 4) is 5.75 Å². The van der Waals surface area contributed by atoms with Gasteiger partial charge in [-0.3, -0.25) is 19.3 Å². The molecule has 0 unspecified atom stereocenters. The molecule has 2 aliphatic rings. The first kappa shape index (κ1) is 21.4. The molecular weight excluding hydrogens is 416 g/mol. The van der Waals surface area contributed by atoms with Crippen molar-refractivity contribution in [3.63, 3.8) is 0 Å². The molecule has 1 aromatic carbocycles. The van der Waals surface area contributed by atoms with E-state index < -0.39 is 21.0 Å². The summed E-state index contributed by atoms with van der Waals surface area (Å²) in [7, 11) is -0.0159. The predicted octanol–water partition coefficient (Wildman–Crippen LogP) is 1.77. The Morgan fingerprint density at radius 3 is 2.72 bits per heavy atom. The minimum Gasteiger partial charge on any atom is -0.496 e. The number of benzene rings is 1. The average Bonchev–Trinajstić information content (AvgIpc) is 3.18. The summed E-state index contributed by atoms with van der Waals surface area (Å²) in [5.41, 5.74) is 0.679. The van der Waals surface area contributed by atoms with Crippen molar-refractivity contribution in [1.29, 1.82) is 0 Å². The smallest absolute Gasteiger partial charge is 0.293 e. The van der Waals surface area contributed by atoms with Gasteiger partial charge in [0.1, 0.15) is 5.75 Å². The molecule has 156 valence electrons. The number of sulfone groups is 1. The highest BCUT2D eigenvalue weighted by Gasteiger charge is 2.37. The third-order valence-corrected chi connectivity index (χ3v) is 7.66. The van der Waals surface area contributed by atoms with E-state index in [4.69, 9.17) is 4.74 Å². The molecular formula is C19H22N2O6S2. The van der Waals surface area contributed by atoms with E-state index in [0.29, 0.717) is 17.7 Å². The minimum atomic E-state index is -3.10.